The van der Waals surface area contributed by atoms with Crippen molar-refractivity contribution in [3.63, 3.8) is 0 Å². The van der Waals surface area contributed by atoms with Crippen LogP contribution in [0.1, 0.15) is 26.2 Å². The SMILES string of the molecule is CCC(=O)C[C@@H](O)CC(=O)O. The fraction of sp³-hybridized carbons (Fsp3) is 0.714. The third-order valence-corrected chi connectivity index (χ3v) is 1.27. The number of rotatable bonds is 5. The second-order valence-corrected chi connectivity index (χ2v) is 2.35. The van der Waals surface area contributed by atoms with Crippen molar-refractivity contribution in [3.8, 4) is 0 Å². The number of hydrogen-bond donors (Lipinski definition) is 2. The second kappa shape index (κ2) is 4.85. The van der Waals surface area contributed by atoms with Crippen LogP contribution in [0, 0.1) is 0 Å². The Kier molecular flexibility index (Phi) is 4.45. The zero-order chi connectivity index (χ0) is 8.85. The smallest absolute Gasteiger partial charge is 0.305 e. The van der Waals surface area contributed by atoms with Crippen molar-refractivity contribution in [2.24, 2.45) is 0 Å². The van der Waals surface area contributed by atoms with Crippen molar-refractivity contribution in [2.75, 3.05) is 0 Å². The van der Waals surface area contributed by atoms with Gasteiger partial charge in [0.1, 0.15) is 5.78 Å². The van der Waals surface area contributed by atoms with E-state index in [4.69, 9.17) is 10.2 Å². The number of Topliss-reactive ketones (excluding diaryl/α,β-unsaturated/α-hetero) is 1. The molecule has 0 saturated heterocycles. The molecule has 0 bridgehead atoms. The van der Waals surface area contributed by atoms with Gasteiger partial charge in [-0.25, -0.2) is 0 Å². The Balaban J connectivity index is 3.60. The van der Waals surface area contributed by atoms with Crippen LogP contribution in [0.3, 0.4) is 0 Å². The van der Waals surface area contributed by atoms with Gasteiger partial charge in [0, 0.05) is 12.8 Å². The highest BCUT2D eigenvalue weighted by atomic mass is 16.4. The molecule has 0 aliphatic heterocycles. The van der Waals surface area contributed by atoms with Crippen LogP contribution in [-0.4, -0.2) is 28.1 Å². The zero-order valence-electron chi connectivity index (χ0n) is 6.41. The lowest BCUT2D eigenvalue weighted by Crippen LogP contribution is -2.16. The van der Waals surface area contributed by atoms with Crippen LogP contribution in [0.5, 0.6) is 0 Å². The third kappa shape index (κ3) is 5.54. The van der Waals surface area contributed by atoms with E-state index in [1.54, 1.807) is 6.92 Å². The van der Waals surface area contributed by atoms with E-state index in [1.165, 1.54) is 0 Å². The minimum atomic E-state index is -1.08. The van der Waals surface area contributed by atoms with Gasteiger partial charge in [0.15, 0.2) is 0 Å². The highest BCUT2D eigenvalue weighted by Gasteiger charge is 2.12. The van der Waals surface area contributed by atoms with Crippen molar-refractivity contribution in [3.05, 3.63) is 0 Å². The summed E-state index contributed by atoms with van der Waals surface area (Å²) < 4.78 is 0. The standard InChI is InChI=1S/C7H12O4/c1-2-5(8)3-6(9)4-7(10)11/h6,9H,2-4H2,1H3,(H,10,11)/t6-/m1/s1. The van der Waals surface area contributed by atoms with Crippen molar-refractivity contribution in [1.82, 2.24) is 0 Å². The molecule has 0 aromatic rings. The predicted octanol–water partition coefficient (Wildman–Crippen LogP) is 0.191. The summed E-state index contributed by atoms with van der Waals surface area (Å²) in [6, 6.07) is 0. The first kappa shape index (κ1) is 10.1. The van der Waals surface area contributed by atoms with Gasteiger partial charge in [0.25, 0.3) is 0 Å². The number of carbonyl (C=O) groups excluding carboxylic acids is 1. The largest absolute Gasteiger partial charge is 0.481 e. The molecule has 0 rings (SSSR count). The molecule has 0 heterocycles. The van der Waals surface area contributed by atoms with Gasteiger partial charge in [-0.3, -0.25) is 9.59 Å². The fourth-order valence-corrected chi connectivity index (χ4v) is 0.681. The van der Waals surface area contributed by atoms with Gasteiger partial charge in [-0.1, -0.05) is 6.92 Å². The number of carboxylic acids is 1. The molecule has 4 nitrogen and oxygen atoms in total. The van der Waals surface area contributed by atoms with Gasteiger partial charge in [-0.05, 0) is 0 Å². The highest BCUT2D eigenvalue weighted by Crippen LogP contribution is 2.00. The maximum absolute atomic E-state index is 10.7. The molecule has 0 radical (unpaired) electrons. The van der Waals surface area contributed by atoms with E-state index in [0.717, 1.165) is 0 Å². The van der Waals surface area contributed by atoms with E-state index < -0.39 is 12.1 Å². The lowest BCUT2D eigenvalue weighted by atomic mass is 10.1. The van der Waals surface area contributed by atoms with Gasteiger partial charge < -0.3 is 10.2 Å². The second-order valence-electron chi connectivity index (χ2n) is 2.35. The Morgan fingerprint density at radius 1 is 1.36 bits per heavy atom. The molecular weight excluding hydrogens is 148 g/mol. The van der Waals surface area contributed by atoms with Gasteiger partial charge in [-0.2, -0.15) is 0 Å². The molecule has 0 saturated carbocycles. The van der Waals surface area contributed by atoms with E-state index in [9.17, 15) is 9.59 Å². The van der Waals surface area contributed by atoms with E-state index in [2.05, 4.69) is 0 Å². The average molecular weight is 160 g/mol. The van der Waals surface area contributed by atoms with Crippen LogP contribution < -0.4 is 0 Å². The van der Waals surface area contributed by atoms with E-state index in [1.807, 2.05) is 0 Å². The summed E-state index contributed by atoms with van der Waals surface area (Å²) in [6.45, 7) is 1.68. The first-order valence-corrected chi connectivity index (χ1v) is 3.47. The number of carbonyl (C=O) groups is 2. The quantitative estimate of drug-likeness (QED) is 0.602. The predicted molar refractivity (Wildman–Crippen MR) is 38.2 cm³/mol. The summed E-state index contributed by atoms with van der Waals surface area (Å²) in [5.74, 6) is -1.19. The molecule has 0 unspecified atom stereocenters. The number of ketones is 1. The molecule has 1 atom stereocenters. The van der Waals surface area contributed by atoms with Gasteiger partial charge in [0.05, 0.1) is 12.5 Å². The summed E-state index contributed by atoms with van der Waals surface area (Å²) in [5.41, 5.74) is 0. The summed E-state index contributed by atoms with van der Waals surface area (Å²) >= 11 is 0. The third-order valence-electron chi connectivity index (χ3n) is 1.27. The Morgan fingerprint density at radius 3 is 2.27 bits per heavy atom. The summed E-state index contributed by atoms with van der Waals surface area (Å²) in [4.78, 5) is 20.7. The van der Waals surface area contributed by atoms with Gasteiger partial charge in [0.2, 0.25) is 0 Å². The van der Waals surface area contributed by atoms with Crippen LogP contribution in [0.4, 0.5) is 0 Å². The monoisotopic (exact) mass is 160 g/mol. The maximum atomic E-state index is 10.7. The number of carboxylic acid groups (broad SMARTS) is 1. The Bertz CT molecular complexity index is 153. The van der Waals surface area contributed by atoms with E-state index in [-0.39, 0.29) is 18.6 Å². The van der Waals surface area contributed by atoms with Crippen LogP contribution in [0.25, 0.3) is 0 Å². The van der Waals surface area contributed by atoms with Crippen molar-refractivity contribution >= 4 is 11.8 Å². The number of aliphatic hydroxyl groups excluding tert-OH is 1. The van der Waals surface area contributed by atoms with Crippen molar-refractivity contribution in [1.29, 1.82) is 0 Å². The van der Waals surface area contributed by atoms with E-state index in [0.29, 0.717) is 6.42 Å². The molecular formula is C7H12O4. The fourth-order valence-electron chi connectivity index (χ4n) is 0.681. The van der Waals surface area contributed by atoms with Gasteiger partial charge >= 0.3 is 5.97 Å². The maximum Gasteiger partial charge on any atom is 0.305 e. The zero-order valence-corrected chi connectivity index (χ0v) is 6.41. The van der Waals surface area contributed by atoms with Crippen LogP contribution >= 0.6 is 0 Å². The van der Waals surface area contributed by atoms with Gasteiger partial charge in [-0.15, -0.1) is 0 Å². The Hall–Kier alpha value is -0.900. The van der Waals surface area contributed by atoms with E-state index >= 15 is 0 Å². The minimum Gasteiger partial charge on any atom is -0.481 e. The number of hydrogen-bond acceptors (Lipinski definition) is 3. The Labute approximate surface area is 64.8 Å². The van der Waals surface area contributed by atoms with Crippen molar-refractivity contribution in [2.45, 2.75) is 32.3 Å². The first-order chi connectivity index (χ1) is 5.06. The molecule has 0 aliphatic carbocycles. The summed E-state index contributed by atoms with van der Waals surface area (Å²) in [7, 11) is 0. The lowest BCUT2D eigenvalue weighted by Gasteiger charge is -2.04. The topological polar surface area (TPSA) is 74.6 Å². The molecule has 4 heteroatoms. The molecule has 64 valence electrons. The van der Waals surface area contributed by atoms with Crippen LogP contribution in [0.2, 0.25) is 0 Å². The van der Waals surface area contributed by atoms with Crippen molar-refractivity contribution < 1.29 is 19.8 Å². The molecule has 2 N–H and O–H groups in total. The molecule has 11 heavy (non-hydrogen) atoms. The first-order valence-electron chi connectivity index (χ1n) is 3.47. The minimum absolute atomic E-state index is 0.0528. The highest BCUT2D eigenvalue weighted by molar-refractivity contribution is 5.79. The Morgan fingerprint density at radius 2 is 1.91 bits per heavy atom. The number of aliphatic hydroxyl groups is 1. The molecule has 0 fully saturated rings. The molecule has 0 aromatic carbocycles. The van der Waals surface area contributed by atoms with Crippen LogP contribution in [-0.2, 0) is 9.59 Å². The molecule has 0 aromatic heterocycles. The molecule has 0 aliphatic rings. The molecule has 0 spiro atoms. The summed E-state index contributed by atoms with van der Waals surface area (Å²) in [6.07, 6.45) is -1.09. The lowest BCUT2D eigenvalue weighted by molar-refractivity contribution is -0.139. The number of aliphatic carboxylic acids is 1. The average Bonchev–Trinajstić information content (AvgIpc) is 1.85. The van der Waals surface area contributed by atoms with Crippen LogP contribution in [0.15, 0.2) is 0 Å². The summed E-state index contributed by atoms with van der Waals surface area (Å²) in [5, 5.41) is 17.1. The normalized spacial score (nSPS) is 12.5. The molecule has 0 amide bonds.